The van der Waals surface area contributed by atoms with Crippen LogP contribution in [0.1, 0.15) is 5.69 Å². The minimum atomic E-state index is -4.48. The largest absolute Gasteiger partial charge is 0.433 e. The molecule has 0 spiro atoms. The molecule has 4 heterocycles. The van der Waals surface area contributed by atoms with Crippen molar-refractivity contribution in [1.29, 1.82) is 0 Å². The van der Waals surface area contributed by atoms with Crippen molar-refractivity contribution in [2.75, 3.05) is 36.0 Å². The van der Waals surface area contributed by atoms with Crippen molar-refractivity contribution < 1.29 is 13.2 Å². The van der Waals surface area contributed by atoms with Gasteiger partial charge in [-0.2, -0.15) is 13.2 Å². The fourth-order valence-corrected chi connectivity index (χ4v) is 2.94. The molecule has 4 rings (SSSR count). The lowest BCUT2D eigenvalue weighted by atomic mass is 10.2. The van der Waals surface area contributed by atoms with Crippen LogP contribution in [0.4, 0.5) is 24.9 Å². The van der Waals surface area contributed by atoms with Crippen LogP contribution in [0.25, 0.3) is 11.4 Å². The molecule has 0 amide bonds. The van der Waals surface area contributed by atoms with Gasteiger partial charge in [-0.3, -0.25) is 4.98 Å². The maximum atomic E-state index is 12.8. The highest BCUT2D eigenvalue weighted by atomic mass is 19.4. The number of alkyl halides is 3. The lowest BCUT2D eigenvalue weighted by Gasteiger charge is -2.35. The molecule has 0 N–H and O–H groups in total. The van der Waals surface area contributed by atoms with Gasteiger partial charge in [-0.15, -0.1) is 10.2 Å². The Kier molecular flexibility index (Phi) is 4.76. The number of rotatable bonds is 3. The van der Waals surface area contributed by atoms with Crippen LogP contribution < -0.4 is 9.80 Å². The van der Waals surface area contributed by atoms with E-state index in [9.17, 15) is 13.2 Å². The summed E-state index contributed by atoms with van der Waals surface area (Å²) in [4.78, 5) is 15.6. The van der Waals surface area contributed by atoms with E-state index in [-0.39, 0.29) is 5.95 Å². The molecule has 3 aromatic rings. The van der Waals surface area contributed by atoms with Crippen molar-refractivity contribution in [3.05, 3.63) is 54.5 Å². The van der Waals surface area contributed by atoms with Gasteiger partial charge in [0, 0.05) is 38.6 Å². The van der Waals surface area contributed by atoms with Crippen LogP contribution in [-0.4, -0.2) is 51.3 Å². The van der Waals surface area contributed by atoms with E-state index < -0.39 is 11.9 Å². The molecule has 28 heavy (non-hydrogen) atoms. The zero-order valence-electron chi connectivity index (χ0n) is 14.7. The van der Waals surface area contributed by atoms with Crippen LogP contribution in [0.3, 0.4) is 0 Å². The highest BCUT2D eigenvalue weighted by Crippen LogP contribution is 2.28. The van der Waals surface area contributed by atoms with Gasteiger partial charge < -0.3 is 9.80 Å². The normalized spacial score (nSPS) is 15.0. The summed E-state index contributed by atoms with van der Waals surface area (Å²) in [5, 5.41) is 8.48. The first kappa shape index (κ1) is 18.1. The van der Waals surface area contributed by atoms with Gasteiger partial charge in [0.25, 0.3) is 0 Å². The van der Waals surface area contributed by atoms with Crippen molar-refractivity contribution in [3.63, 3.8) is 0 Å². The van der Waals surface area contributed by atoms with E-state index in [0.29, 0.717) is 37.7 Å². The Morgan fingerprint density at radius 1 is 0.750 bits per heavy atom. The topological polar surface area (TPSA) is 70.9 Å². The highest BCUT2D eigenvalue weighted by molar-refractivity contribution is 5.55. The van der Waals surface area contributed by atoms with Gasteiger partial charge in [-0.05, 0) is 30.3 Å². The molecule has 7 nitrogen and oxygen atoms in total. The molecule has 0 aromatic carbocycles. The summed E-state index contributed by atoms with van der Waals surface area (Å²) >= 11 is 0. The maximum absolute atomic E-state index is 12.8. The smallest absolute Gasteiger partial charge is 0.352 e. The monoisotopic (exact) mass is 387 g/mol. The molecule has 144 valence electrons. The standard InChI is InChI=1S/C18H16F3N7/c19-18(20,21)15-6-8-23-17(24-15)28-11-9-27(10-12-28)16-5-4-14(25-26-16)13-3-1-2-7-22-13/h1-8H,9-12H2. The first-order valence-electron chi connectivity index (χ1n) is 8.66. The van der Waals surface area contributed by atoms with Gasteiger partial charge in [0.1, 0.15) is 11.4 Å². The minimum absolute atomic E-state index is 0.0889. The highest BCUT2D eigenvalue weighted by Gasteiger charge is 2.33. The van der Waals surface area contributed by atoms with E-state index in [1.165, 1.54) is 0 Å². The summed E-state index contributed by atoms with van der Waals surface area (Å²) in [6.07, 6.45) is -1.65. The van der Waals surface area contributed by atoms with E-state index in [2.05, 4.69) is 25.1 Å². The average Bonchev–Trinajstić information content (AvgIpc) is 2.74. The summed E-state index contributed by atoms with van der Waals surface area (Å²) in [6, 6.07) is 10.2. The van der Waals surface area contributed by atoms with Crippen LogP contribution in [0, 0.1) is 0 Å². The van der Waals surface area contributed by atoms with Gasteiger partial charge in [-0.1, -0.05) is 6.07 Å². The third-order valence-corrected chi connectivity index (χ3v) is 4.40. The predicted molar refractivity (Wildman–Crippen MR) is 96.7 cm³/mol. The van der Waals surface area contributed by atoms with Crippen molar-refractivity contribution in [3.8, 4) is 11.4 Å². The predicted octanol–water partition coefficient (Wildman–Crippen LogP) is 2.67. The quantitative estimate of drug-likeness (QED) is 0.684. The Hall–Kier alpha value is -3.30. The molecule has 0 bridgehead atoms. The molecule has 1 fully saturated rings. The number of halogens is 3. The molecule has 10 heteroatoms. The fourth-order valence-electron chi connectivity index (χ4n) is 2.94. The van der Waals surface area contributed by atoms with Crippen molar-refractivity contribution in [2.45, 2.75) is 6.18 Å². The van der Waals surface area contributed by atoms with Crippen LogP contribution in [0.5, 0.6) is 0 Å². The van der Waals surface area contributed by atoms with E-state index in [1.807, 2.05) is 35.2 Å². The van der Waals surface area contributed by atoms with E-state index >= 15 is 0 Å². The van der Waals surface area contributed by atoms with Crippen LogP contribution in [0.15, 0.2) is 48.8 Å². The van der Waals surface area contributed by atoms with E-state index in [0.717, 1.165) is 18.0 Å². The van der Waals surface area contributed by atoms with Crippen molar-refractivity contribution in [1.82, 2.24) is 25.1 Å². The van der Waals surface area contributed by atoms with Crippen LogP contribution in [0.2, 0.25) is 0 Å². The number of hydrogen-bond donors (Lipinski definition) is 0. The SMILES string of the molecule is FC(F)(F)c1ccnc(N2CCN(c3ccc(-c4ccccn4)nn3)CC2)n1. The number of piperazine rings is 1. The lowest BCUT2D eigenvalue weighted by molar-refractivity contribution is -0.141. The molecule has 1 aliphatic rings. The number of hydrogen-bond acceptors (Lipinski definition) is 7. The second-order valence-electron chi connectivity index (χ2n) is 6.21. The molecular formula is C18H16F3N7. The molecule has 0 atom stereocenters. The van der Waals surface area contributed by atoms with Gasteiger partial charge in [0.2, 0.25) is 5.95 Å². The van der Waals surface area contributed by atoms with Gasteiger partial charge in [-0.25, -0.2) is 9.97 Å². The maximum Gasteiger partial charge on any atom is 0.433 e. The number of pyridine rings is 1. The lowest BCUT2D eigenvalue weighted by Crippen LogP contribution is -2.47. The zero-order valence-corrected chi connectivity index (χ0v) is 14.7. The Labute approximate surface area is 158 Å². The van der Waals surface area contributed by atoms with Crippen molar-refractivity contribution >= 4 is 11.8 Å². The van der Waals surface area contributed by atoms with Crippen LogP contribution >= 0.6 is 0 Å². The van der Waals surface area contributed by atoms with Crippen molar-refractivity contribution in [2.24, 2.45) is 0 Å². The molecule has 3 aromatic heterocycles. The van der Waals surface area contributed by atoms with E-state index in [1.54, 1.807) is 11.1 Å². The summed E-state index contributed by atoms with van der Waals surface area (Å²) in [7, 11) is 0. The number of aromatic nitrogens is 5. The molecule has 0 unspecified atom stereocenters. The Morgan fingerprint density at radius 3 is 2.18 bits per heavy atom. The first-order chi connectivity index (χ1) is 13.5. The molecule has 1 saturated heterocycles. The Bertz CT molecular complexity index is 924. The second-order valence-corrected chi connectivity index (χ2v) is 6.21. The van der Waals surface area contributed by atoms with E-state index in [4.69, 9.17) is 0 Å². The van der Waals surface area contributed by atoms with Gasteiger partial charge in [0.15, 0.2) is 5.82 Å². The summed E-state index contributed by atoms with van der Waals surface area (Å²) in [5.41, 5.74) is 0.490. The zero-order chi connectivity index (χ0) is 19.6. The molecule has 1 aliphatic heterocycles. The van der Waals surface area contributed by atoms with Crippen LogP contribution in [-0.2, 0) is 6.18 Å². The third kappa shape index (κ3) is 3.85. The number of nitrogens with zero attached hydrogens (tertiary/aromatic N) is 7. The minimum Gasteiger partial charge on any atom is -0.352 e. The fraction of sp³-hybridized carbons (Fsp3) is 0.278. The molecule has 0 saturated carbocycles. The number of anilines is 2. The Morgan fingerprint density at radius 2 is 1.54 bits per heavy atom. The molecular weight excluding hydrogens is 371 g/mol. The average molecular weight is 387 g/mol. The molecule has 0 aliphatic carbocycles. The third-order valence-electron chi connectivity index (χ3n) is 4.40. The van der Waals surface area contributed by atoms with Gasteiger partial charge >= 0.3 is 6.18 Å². The first-order valence-corrected chi connectivity index (χ1v) is 8.66. The summed E-state index contributed by atoms with van der Waals surface area (Å²) in [6.45, 7) is 2.14. The molecule has 0 radical (unpaired) electrons. The van der Waals surface area contributed by atoms with Gasteiger partial charge in [0.05, 0.1) is 5.69 Å². The Balaban J connectivity index is 1.42. The second kappa shape index (κ2) is 7.37. The summed E-state index contributed by atoms with van der Waals surface area (Å²) < 4.78 is 38.5. The summed E-state index contributed by atoms with van der Waals surface area (Å²) in [5.74, 6) is 0.801.